The van der Waals surface area contributed by atoms with Gasteiger partial charge in [-0.2, -0.15) is 0 Å². The number of primary amides is 1. The van der Waals surface area contributed by atoms with Crippen molar-refractivity contribution in [3.8, 4) is 0 Å². The maximum Gasteiger partial charge on any atom is 0.248 e. The van der Waals surface area contributed by atoms with E-state index in [-0.39, 0.29) is 5.91 Å². The first kappa shape index (κ1) is 11.7. The molecule has 1 aromatic carbocycles. The van der Waals surface area contributed by atoms with Crippen LogP contribution in [0.2, 0.25) is 0 Å². The Bertz CT molecular complexity index is 470. The van der Waals surface area contributed by atoms with Crippen molar-refractivity contribution in [3.63, 3.8) is 0 Å². The molecule has 18 heavy (non-hydrogen) atoms. The van der Waals surface area contributed by atoms with Crippen LogP contribution < -0.4 is 5.73 Å². The van der Waals surface area contributed by atoms with Gasteiger partial charge in [0.25, 0.3) is 0 Å². The van der Waals surface area contributed by atoms with Crippen molar-refractivity contribution in [2.24, 2.45) is 11.7 Å². The molecule has 3 rings (SSSR count). The van der Waals surface area contributed by atoms with E-state index in [2.05, 4.69) is 6.07 Å². The van der Waals surface area contributed by atoms with Crippen molar-refractivity contribution in [2.45, 2.75) is 38.2 Å². The molecule has 2 N–H and O–H groups in total. The number of amides is 1. The molecule has 2 atom stereocenters. The fraction of sp³-hybridized carbons (Fsp3) is 0.533. The van der Waals surface area contributed by atoms with Gasteiger partial charge >= 0.3 is 0 Å². The lowest BCUT2D eigenvalue weighted by Crippen LogP contribution is -2.20. The lowest BCUT2D eigenvalue weighted by atomic mass is 9.75. The predicted octanol–water partition coefficient (Wildman–Crippen LogP) is 2.59. The van der Waals surface area contributed by atoms with E-state index in [0.717, 1.165) is 12.2 Å². The Balaban J connectivity index is 1.99. The number of nitrogens with two attached hydrogens (primary N) is 1. The Hall–Kier alpha value is -1.35. The number of fused-ring (bicyclic) bond motifs is 3. The highest BCUT2D eigenvalue weighted by Gasteiger charge is 2.30. The van der Waals surface area contributed by atoms with Gasteiger partial charge in [0.1, 0.15) is 0 Å². The summed E-state index contributed by atoms with van der Waals surface area (Å²) in [5, 5.41) is 0. The van der Waals surface area contributed by atoms with E-state index in [1.54, 1.807) is 0 Å². The van der Waals surface area contributed by atoms with Crippen molar-refractivity contribution in [3.05, 3.63) is 34.9 Å². The topological polar surface area (TPSA) is 52.3 Å². The van der Waals surface area contributed by atoms with Crippen LogP contribution in [0, 0.1) is 5.92 Å². The van der Waals surface area contributed by atoms with Crippen LogP contribution in [-0.2, 0) is 11.3 Å². The summed E-state index contributed by atoms with van der Waals surface area (Å²) in [6.07, 6.45) is 5.13. The minimum absolute atomic E-state index is 0.359. The zero-order valence-electron chi connectivity index (χ0n) is 10.5. The third-order valence-electron chi connectivity index (χ3n) is 4.33. The summed E-state index contributed by atoms with van der Waals surface area (Å²) in [6.45, 7) is 1.47. The summed E-state index contributed by atoms with van der Waals surface area (Å²) in [6, 6.07) is 5.86. The van der Waals surface area contributed by atoms with Crippen LogP contribution in [0.15, 0.2) is 18.2 Å². The Morgan fingerprint density at radius 1 is 1.28 bits per heavy atom. The maximum atomic E-state index is 11.2. The Kier molecular flexibility index (Phi) is 3.08. The monoisotopic (exact) mass is 245 g/mol. The first-order valence-corrected chi connectivity index (χ1v) is 6.76. The van der Waals surface area contributed by atoms with E-state index in [4.69, 9.17) is 10.5 Å². The third kappa shape index (κ3) is 2.03. The Morgan fingerprint density at radius 2 is 2.11 bits per heavy atom. The zero-order valence-corrected chi connectivity index (χ0v) is 10.5. The quantitative estimate of drug-likeness (QED) is 0.826. The SMILES string of the molecule is NC(=O)c1ccc2c(c1)COCC1CCCCC21. The van der Waals surface area contributed by atoms with Gasteiger partial charge in [-0.15, -0.1) is 0 Å². The fourth-order valence-electron chi connectivity index (χ4n) is 3.38. The molecule has 96 valence electrons. The average molecular weight is 245 g/mol. The van der Waals surface area contributed by atoms with Gasteiger partial charge in [-0.3, -0.25) is 4.79 Å². The second-order valence-electron chi connectivity index (χ2n) is 5.44. The summed E-state index contributed by atoms with van der Waals surface area (Å²) >= 11 is 0. The normalized spacial score (nSPS) is 26.9. The highest BCUT2D eigenvalue weighted by atomic mass is 16.5. The summed E-state index contributed by atoms with van der Waals surface area (Å²) in [7, 11) is 0. The minimum atomic E-state index is -0.359. The van der Waals surface area contributed by atoms with Gasteiger partial charge in [-0.1, -0.05) is 18.9 Å². The van der Waals surface area contributed by atoms with Crippen molar-refractivity contribution < 1.29 is 9.53 Å². The molecule has 1 amide bonds. The first-order valence-electron chi connectivity index (χ1n) is 6.76. The van der Waals surface area contributed by atoms with Crippen LogP contribution in [-0.4, -0.2) is 12.5 Å². The molecule has 0 radical (unpaired) electrons. The molecule has 1 saturated carbocycles. The maximum absolute atomic E-state index is 11.2. The first-order chi connectivity index (χ1) is 8.75. The van der Waals surface area contributed by atoms with E-state index in [9.17, 15) is 4.79 Å². The molecule has 2 unspecified atom stereocenters. The number of ether oxygens (including phenoxy) is 1. The van der Waals surface area contributed by atoms with Crippen molar-refractivity contribution >= 4 is 5.91 Å². The Labute approximate surface area is 107 Å². The molecule has 3 nitrogen and oxygen atoms in total. The summed E-state index contributed by atoms with van der Waals surface area (Å²) < 4.78 is 5.77. The third-order valence-corrected chi connectivity index (χ3v) is 4.33. The van der Waals surface area contributed by atoms with Crippen LogP contribution in [0.5, 0.6) is 0 Å². The Morgan fingerprint density at radius 3 is 2.94 bits per heavy atom. The highest BCUT2D eigenvalue weighted by Crippen LogP contribution is 2.41. The molecule has 1 heterocycles. The van der Waals surface area contributed by atoms with Gasteiger partial charge in [-0.05, 0) is 47.9 Å². The molecule has 0 bridgehead atoms. The van der Waals surface area contributed by atoms with Gasteiger partial charge in [-0.25, -0.2) is 0 Å². The highest BCUT2D eigenvalue weighted by molar-refractivity contribution is 5.93. The molecule has 2 aliphatic rings. The second kappa shape index (κ2) is 4.73. The molecule has 1 fully saturated rings. The van der Waals surface area contributed by atoms with Crippen LogP contribution in [0.4, 0.5) is 0 Å². The van der Waals surface area contributed by atoms with Crippen LogP contribution >= 0.6 is 0 Å². The summed E-state index contributed by atoms with van der Waals surface area (Å²) in [4.78, 5) is 11.2. The van der Waals surface area contributed by atoms with Gasteiger partial charge in [0, 0.05) is 5.56 Å². The number of rotatable bonds is 1. The number of carbonyl (C=O) groups is 1. The molecular weight excluding hydrogens is 226 g/mol. The molecule has 0 saturated heterocycles. The van der Waals surface area contributed by atoms with Crippen molar-refractivity contribution in [2.75, 3.05) is 6.61 Å². The minimum Gasteiger partial charge on any atom is -0.376 e. The fourth-order valence-corrected chi connectivity index (χ4v) is 3.38. The van der Waals surface area contributed by atoms with E-state index in [0.29, 0.717) is 24.0 Å². The number of hydrogen-bond acceptors (Lipinski definition) is 2. The standard InChI is InChI=1S/C15H19NO2/c16-15(17)10-5-6-14-12(7-10)9-18-8-11-3-1-2-4-13(11)14/h5-7,11,13H,1-4,8-9H2,(H2,16,17). The molecule has 1 aliphatic carbocycles. The van der Waals surface area contributed by atoms with Crippen LogP contribution in [0.25, 0.3) is 0 Å². The number of carbonyl (C=O) groups excluding carboxylic acids is 1. The molecular formula is C15H19NO2. The van der Waals surface area contributed by atoms with Gasteiger partial charge in [0.15, 0.2) is 0 Å². The molecule has 3 heteroatoms. The predicted molar refractivity (Wildman–Crippen MR) is 69.3 cm³/mol. The summed E-state index contributed by atoms with van der Waals surface area (Å²) in [5.41, 5.74) is 8.46. The van der Waals surface area contributed by atoms with Gasteiger partial charge < -0.3 is 10.5 Å². The van der Waals surface area contributed by atoms with Crippen molar-refractivity contribution in [1.82, 2.24) is 0 Å². The second-order valence-corrected chi connectivity index (χ2v) is 5.44. The van der Waals surface area contributed by atoms with E-state index in [1.165, 1.54) is 31.2 Å². The lowest BCUT2D eigenvalue weighted by Gasteiger charge is -2.30. The largest absolute Gasteiger partial charge is 0.376 e. The zero-order chi connectivity index (χ0) is 12.5. The van der Waals surface area contributed by atoms with Crippen LogP contribution in [0.1, 0.15) is 53.1 Å². The molecule has 1 aliphatic heterocycles. The molecule has 0 spiro atoms. The van der Waals surface area contributed by atoms with E-state index in [1.807, 2.05) is 12.1 Å². The molecule has 1 aromatic rings. The smallest absolute Gasteiger partial charge is 0.248 e. The van der Waals surface area contributed by atoms with E-state index < -0.39 is 0 Å². The van der Waals surface area contributed by atoms with Gasteiger partial charge in [0.2, 0.25) is 5.91 Å². The van der Waals surface area contributed by atoms with Gasteiger partial charge in [0.05, 0.1) is 13.2 Å². The van der Waals surface area contributed by atoms with Crippen molar-refractivity contribution in [1.29, 1.82) is 0 Å². The lowest BCUT2D eigenvalue weighted by molar-refractivity contribution is 0.0764. The molecule has 0 aromatic heterocycles. The average Bonchev–Trinajstić information content (AvgIpc) is 2.57. The van der Waals surface area contributed by atoms with Crippen LogP contribution in [0.3, 0.4) is 0 Å². The number of benzene rings is 1. The van der Waals surface area contributed by atoms with E-state index >= 15 is 0 Å². The number of hydrogen-bond donors (Lipinski definition) is 1. The summed E-state index contributed by atoms with van der Waals surface area (Å²) in [5.74, 6) is 0.903.